The fourth-order valence-electron chi connectivity index (χ4n) is 10.4. The Bertz CT molecular complexity index is 1010. The first-order valence-electron chi connectivity index (χ1n) is 13.7. The van der Waals surface area contributed by atoms with E-state index in [1.807, 2.05) is 0 Å². The SMILES string of the molecule is C[C@]12CC3=C4C=C[C@@H]5[C@@]6(C)CC[C@H](O)[C@](C)(CO)[C@@H]6CC[C@@]5(C)[C@]4(C)CC[C@@]3(C)[C@H](C1)OC2=O. The Kier molecular flexibility index (Phi) is 4.51. The van der Waals surface area contributed by atoms with Gasteiger partial charge < -0.3 is 14.9 Å². The number of hydrogen-bond acceptors (Lipinski definition) is 4. The van der Waals surface area contributed by atoms with Crippen LogP contribution < -0.4 is 0 Å². The molecule has 5 aliphatic carbocycles. The summed E-state index contributed by atoms with van der Waals surface area (Å²) in [6.07, 6.45) is 12.4. The van der Waals surface area contributed by atoms with Gasteiger partial charge in [0.15, 0.2) is 0 Å². The first kappa shape index (κ1) is 23.3. The standard InChI is InChI=1S/C30H44O4/c1-25-15-19-18-7-8-21-27(3)11-10-22(32)28(4,17-31)20(27)9-12-30(21,6)29(18,5)14-13-26(19,2)23(16-25)34-24(25)33/h7-8,20-23,31-32H,9-17H2,1-6H3/t20-,21-,22+,23+,25+,26-,27+,28-,29-,30-/m1/s1. The van der Waals surface area contributed by atoms with Crippen molar-refractivity contribution in [1.29, 1.82) is 0 Å². The summed E-state index contributed by atoms with van der Waals surface area (Å²) in [4.78, 5) is 12.8. The van der Waals surface area contributed by atoms with Crippen molar-refractivity contribution in [3.05, 3.63) is 23.3 Å². The molecule has 4 nitrogen and oxygen atoms in total. The van der Waals surface area contributed by atoms with E-state index < -0.39 is 11.5 Å². The Morgan fingerprint density at radius 3 is 2.47 bits per heavy atom. The lowest BCUT2D eigenvalue weighted by molar-refractivity contribution is -0.198. The Morgan fingerprint density at radius 1 is 1.03 bits per heavy atom. The number of hydrogen-bond donors (Lipinski definition) is 2. The van der Waals surface area contributed by atoms with Crippen LogP contribution in [0.2, 0.25) is 0 Å². The minimum Gasteiger partial charge on any atom is -0.461 e. The molecule has 10 atom stereocenters. The van der Waals surface area contributed by atoms with Crippen molar-refractivity contribution in [2.24, 2.45) is 44.3 Å². The molecule has 6 rings (SSSR count). The predicted molar refractivity (Wildman–Crippen MR) is 132 cm³/mol. The van der Waals surface area contributed by atoms with Gasteiger partial charge in [-0.2, -0.15) is 0 Å². The molecule has 0 aromatic carbocycles. The van der Waals surface area contributed by atoms with Crippen LogP contribution in [0.1, 0.15) is 92.9 Å². The molecule has 0 radical (unpaired) electrons. The van der Waals surface area contributed by atoms with Crippen LogP contribution in [-0.4, -0.2) is 35.0 Å². The van der Waals surface area contributed by atoms with Gasteiger partial charge in [0.25, 0.3) is 0 Å². The van der Waals surface area contributed by atoms with Crippen molar-refractivity contribution in [3.63, 3.8) is 0 Å². The number of aliphatic hydroxyl groups excluding tert-OH is 2. The summed E-state index contributed by atoms with van der Waals surface area (Å²) in [6.45, 7) is 14.1. The van der Waals surface area contributed by atoms with Crippen molar-refractivity contribution in [3.8, 4) is 0 Å². The third-order valence-electron chi connectivity index (χ3n) is 13.1. The van der Waals surface area contributed by atoms with Gasteiger partial charge in [-0.15, -0.1) is 0 Å². The van der Waals surface area contributed by atoms with Crippen molar-refractivity contribution in [1.82, 2.24) is 0 Å². The van der Waals surface area contributed by atoms with Crippen LogP contribution in [0.4, 0.5) is 0 Å². The van der Waals surface area contributed by atoms with E-state index in [-0.39, 0.29) is 45.8 Å². The minimum atomic E-state index is -0.429. The maximum atomic E-state index is 12.8. The molecule has 4 heteroatoms. The molecule has 2 bridgehead atoms. The number of fused-ring (bicyclic) bond motifs is 9. The molecule has 188 valence electrons. The Morgan fingerprint density at radius 2 is 1.76 bits per heavy atom. The van der Waals surface area contributed by atoms with Crippen LogP contribution in [0, 0.1) is 44.3 Å². The first-order valence-corrected chi connectivity index (χ1v) is 13.7. The zero-order valence-electron chi connectivity index (χ0n) is 22.0. The highest BCUT2D eigenvalue weighted by Crippen LogP contribution is 2.74. The van der Waals surface area contributed by atoms with Gasteiger partial charge in [-0.3, -0.25) is 4.79 Å². The second-order valence-electron chi connectivity index (χ2n) is 14.5. The van der Waals surface area contributed by atoms with Crippen LogP contribution in [0.5, 0.6) is 0 Å². The molecule has 0 aromatic heterocycles. The maximum absolute atomic E-state index is 12.8. The number of rotatable bonds is 1. The van der Waals surface area contributed by atoms with Crippen LogP contribution >= 0.6 is 0 Å². The average Bonchev–Trinajstić information content (AvgIpc) is 3.05. The highest BCUT2D eigenvalue weighted by Gasteiger charge is 2.69. The van der Waals surface area contributed by atoms with Gasteiger partial charge in [0.1, 0.15) is 6.10 Å². The van der Waals surface area contributed by atoms with E-state index in [4.69, 9.17) is 4.74 Å². The van der Waals surface area contributed by atoms with E-state index in [9.17, 15) is 15.0 Å². The lowest BCUT2D eigenvalue weighted by Gasteiger charge is -2.69. The Labute approximate surface area is 205 Å². The van der Waals surface area contributed by atoms with E-state index in [0.717, 1.165) is 51.4 Å². The van der Waals surface area contributed by atoms with Crippen LogP contribution in [0.15, 0.2) is 23.3 Å². The van der Waals surface area contributed by atoms with Gasteiger partial charge in [0, 0.05) is 17.3 Å². The molecule has 2 N–H and O–H groups in total. The number of ether oxygens (including phenoxy) is 1. The highest BCUT2D eigenvalue weighted by atomic mass is 16.6. The van der Waals surface area contributed by atoms with Gasteiger partial charge >= 0.3 is 5.97 Å². The van der Waals surface area contributed by atoms with E-state index in [1.165, 1.54) is 11.1 Å². The normalized spacial score (nSPS) is 57.9. The molecule has 0 aromatic rings. The number of aliphatic hydroxyl groups is 2. The Balaban J connectivity index is 1.50. The van der Waals surface area contributed by atoms with Crippen LogP contribution in [-0.2, 0) is 9.53 Å². The summed E-state index contributed by atoms with van der Waals surface area (Å²) in [7, 11) is 0. The second-order valence-corrected chi connectivity index (χ2v) is 14.5. The van der Waals surface area contributed by atoms with Crippen LogP contribution in [0.25, 0.3) is 0 Å². The van der Waals surface area contributed by atoms with Gasteiger partial charge in [-0.25, -0.2) is 0 Å². The summed E-state index contributed by atoms with van der Waals surface area (Å²) >= 11 is 0. The first-order chi connectivity index (χ1) is 15.8. The second kappa shape index (κ2) is 6.59. The zero-order chi connectivity index (χ0) is 24.5. The monoisotopic (exact) mass is 468 g/mol. The fraction of sp³-hybridized carbons (Fsp3) is 0.833. The Hall–Kier alpha value is -1.13. The van der Waals surface area contributed by atoms with Crippen molar-refractivity contribution < 1.29 is 19.7 Å². The van der Waals surface area contributed by atoms with Crippen molar-refractivity contribution in [2.45, 2.75) is 105 Å². The third kappa shape index (κ3) is 2.41. The number of carbonyl (C=O) groups is 1. The molecule has 0 unspecified atom stereocenters. The lowest BCUT2D eigenvalue weighted by Crippen LogP contribution is -2.64. The van der Waals surface area contributed by atoms with Crippen molar-refractivity contribution in [2.75, 3.05) is 6.61 Å². The summed E-state index contributed by atoms with van der Waals surface area (Å²) in [6, 6.07) is 0. The van der Waals surface area contributed by atoms with Crippen LogP contribution in [0.3, 0.4) is 0 Å². The lowest BCUT2D eigenvalue weighted by atomic mass is 9.35. The summed E-state index contributed by atoms with van der Waals surface area (Å²) in [5.41, 5.74) is 2.40. The molecule has 3 saturated carbocycles. The van der Waals surface area contributed by atoms with E-state index in [2.05, 4.69) is 53.7 Å². The van der Waals surface area contributed by atoms with E-state index >= 15 is 0 Å². The largest absolute Gasteiger partial charge is 0.461 e. The zero-order valence-corrected chi connectivity index (χ0v) is 22.0. The summed E-state index contributed by atoms with van der Waals surface area (Å²) < 4.78 is 5.99. The fourth-order valence-corrected chi connectivity index (χ4v) is 10.4. The average molecular weight is 469 g/mol. The minimum absolute atomic E-state index is 0.00359. The third-order valence-corrected chi connectivity index (χ3v) is 13.1. The molecule has 1 aliphatic heterocycles. The summed E-state index contributed by atoms with van der Waals surface area (Å²) in [5.74, 6) is 0.743. The van der Waals surface area contributed by atoms with Gasteiger partial charge in [-0.1, -0.05) is 52.3 Å². The molecular weight excluding hydrogens is 424 g/mol. The predicted octanol–water partition coefficient (Wildman–Crippen LogP) is 5.58. The quantitative estimate of drug-likeness (QED) is 0.493. The molecule has 4 fully saturated rings. The molecule has 0 amide bonds. The maximum Gasteiger partial charge on any atom is 0.312 e. The van der Waals surface area contributed by atoms with Gasteiger partial charge in [0.2, 0.25) is 0 Å². The van der Waals surface area contributed by atoms with Gasteiger partial charge in [-0.05, 0) is 85.5 Å². The molecule has 1 heterocycles. The molecule has 0 spiro atoms. The molecule has 34 heavy (non-hydrogen) atoms. The topological polar surface area (TPSA) is 66.8 Å². The van der Waals surface area contributed by atoms with Gasteiger partial charge in [0.05, 0.1) is 18.1 Å². The molecule has 1 saturated heterocycles. The smallest absolute Gasteiger partial charge is 0.312 e. The molecule has 6 aliphatic rings. The van der Waals surface area contributed by atoms with Crippen molar-refractivity contribution >= 4 is 5.97 Å². The number of carbonyl (C=O) groups excluding carboxylic acids is 1. The number of esters is 1. The highest BCUT2D eigenvalue weighted by molar-refractivity contribution is 5.80. The molecular formula is C30H44O4. The summed E-state index contributed by atoms with van der Waals surface area (Å²) in [5, 5.41) is 21.3. The van der Waals surface area contributed by atoms with E-state index in [0.29, 0.717) is 11.8 Å². The van der Waals surface area contributed by atoms with E-state index in [1.54, 1.807) is 0 Å². The number of allylic oxidation sites excluding steroid dienone is 3.